The molecule has 172 valence electrons. The smallest absolute Gasteiger partial charge is 0.240 e. The summed E-state index contributed by atoms with van der Waals surface area (Å²) >= 11 is 1.30. The fourth-order valence-electron chi connectivity index (χ4n) is 3.63. The lowest BCUT2D eigenvalue weighted by atomic mass is 10.0. The average molecular weight is 476 g/mol. The van der Waals surface area contributed by atoms with Crippen LogP contribution in [0.15, 0.2) is 84.0 Å². The molecule has 2 unspecified atom stereocenters. The maximum atomic E-state index is 13.6. The highest BCUT2D eigenvalue weighted by Crippen LogP contribution is 2.37. The van der Waals surface area contributed by atoms with Gasteiger partial charge < -0.3 is 15.5 Å². The van der Waals surface area contributed by atoms with Crippen LogP contribution in [-0.4, -0.2) is 26.0 Å². The minimum absolute atomic E-state index is 0.188. The van der Waals surface area contributed by atoms with E-state index >= 15 is 0 Å². The van der Waals surface area contributed by atoms with Gasteiger partial charge in [-0.2, -0.15) is 0 Å². The highest BCUT2D eigenvalue weighted by atomic mass is 32.2. The van der Waals surface area contributed by atoms with Gasteiger partial charge in [0.05, 0.1) is 6.04 Å². The predicted octanol–water partition coefficient (Wildman–Crippen LogP) is 4.70. The Morgan fingerprint density at radius 2 is 1.79 bits per heavy atom. The monoisotopic (exact) mass is 475 g/mol. The Morgan fingerprint density at radius 1 is 1.06 bits per heavy atom. The number of hydrogen-bond acceptors (Lipinski definition) is 6. The Labute approximate surface area is 200 Å². The van der Waals surface area contributed by atoms with E-state index in [0.29, 0.717) is 22.4 Å². The van der Waals surface area contributed by atoms with Gasteiger partial charge in [-0.15, -0.1) is 10.2 Å². The van der Waals surface area contributed by atoms with Crippen LogP contribution in [-0.2, 0) is 11.4 Å². The van der Waals surface area contributed by atoms with E-state index in [0.717, 1.165) is 11.1 Å². The molecule has 34 heavy (non-hydrogen) atoms. The van der Waals surface area contributed by atoms with Crippen molar-refractivity contribution in [1.82, 2.24) is 14.9 Å². The first kappa shape index (κ1) is 22.0. The van der Waals surface area contributed by atoms with E-state index in [2.05, 4.69) is 20.9 Å². The van der Waals surface area contributed by atoms with Crippen LogP contribution in [0.3, 0.4) is 0 Å². The summed E-state index contributed by atoms with van der Waals surface area (Å²) in [5, 5.41) is 11.5. The van der Waals surface area contributed by atoms with Crippen molar-refractivity contribution in [2.45, 2.75) is 30.0 Å². The number of aryl methyl sites for hydroxylation is 1. The first-order valence-corrected chi connectivity index (χ1v) is 11.6. The van der Waals surface area contributed by atoms with Crippen LogP contribution < -0.4 is 15.5 Å². The van der Waals surface area contributed by atoms with Crippen molar-refractivity contribution in [2.75, 3.05) is 10.7 Å². The molecule has 0 saturated carbocycles. The molecule has 7 nitrogen and oxygen atoms in total. The largest absolute Gasteiger partial charge is 0.486 e. The predicted molar refractivity (Wildman–Crippen MR) is 129 cm³/mol. The molecule has 9 heteroatoms. The van der Waals surface area contributed by atoms with Crippen LogP contribution >= 0.6 is 11.8 Å². The number of hydrogen-bond donors (Lipinski definition) is 2. The van der Waals surface area contributed by atoms with E-state index in [-0.39, 0.29) is 18.3 Å². The quantitative estimate of drug-likeness (QED) is 0.421. The van der Waals surface area contributed by atoms with E-state index < -0.39 is 11.3 Å². The number of amides is 1. The van der Waals surface area contributed by atoms with E-state index in [1.165, 1.54) is 23.9 Å². The summed E-state index contributed by atoms with van der Waals surface area (Å²) in [6.45, 7) is 2.18. The molecule has 0 saturated heterocycles. The molecule has 0 spiro atoms. The molecule has 3 aromatic carbocycles. The molecule has 2 N–H and O–H groups in total. The number of anilines is 1. The number of fused-ring (bicyclic) bond motifs is 1. The minimum Gasteiger partial charge on any atom is -0.486 e. The lowest BCUT2D eigenvalue weighted by Crippen LogP contribution is -2.41. The zero-order valence-corrected chi connectivity index (χ0v) is 19.1. The van der Waals surface area contributed by atoms with Gasteiger partial charge in [0.25, 0.3) is 0 Å². The van der Waals surface area contributed by atoms with Crippen LogP contribution in [0.1, 0.15) is 23.0 Å². The van der Waals surface area contributed by atoms with Gasteiger partial charge in [0.1, 0.15) is 23.4 Å². The zero-order chi connectivity index (χ0) is 23.5. The Morgan fingerprint density at radius 3 is 2.53 bits per heavy atom. The number of thioether (sulfide) groups is 1. The Balaban J connectivity index is 1.41. The third kappa shape index (κ3) is 4.74. The molecule has 0 aliphatic carbocycles. The number of carbonyl (C=O) groups is 1. The van der Waals surface area contributed by atoms with Crippen molar-refractivity contribution in [3.05, 3.63) is 102 Å². The van der Waals surface area contributed by atoms with Crippen molar-refractivity contribution >= 4 is 23.4 Å². The molecule has 1 aromatic heterocycles. The molecule has 0 fully saturated rings. The second-order valence-corrected chi connectivity index (χ2v) is 9.00. The third-order valence-electron chi connectivity index (χ3n) is 5.42. The van der Waals surface area contributed by atoms with Gasteiger partial charge in [-0.1, -0.05) is 59.8 Å². The summed E-state index contributed by atoms with van der Waals surface area (Å²) in [6, 6.07) is 22.7. The Hall–Kier alpha value is -3.85. The van der Waals surface area contributed by atoms with Crippen molar-refractivity contribution < 1.29 is 13.9 Å². The Kier molecular flexibility index (Phi) is 6.18. The molecule has 2 atom stereocenters. The summed E-state index contributed by atoms with van der Waals surface area (Å²) in [4.78, 5) is 13.3. The molecule has 1 aliphatic rings. The standard InChI is InChI=1S/C25H22FN5O2S/c1-16-7-13-19(14-8-16)27-24(32)23-22(17-9-11-18(26)12-10-17)30-31-21(28-29-25(31)34-23)15-33-20-5-3-2-4-6-20/h2-14,22-23,30H,15H2,1H3,(H,27,32). The van der Waals surface area contributed by atoms with Crippen LogP contribution in [0.2, 0.25) is 0 Å². The minimum atomic E-state index is -0.564. The summed E-state index contributed by atoms with van der Waals surface area (Å²) in [7, 11) is 0. The van der Waals surface area contributed by atoms with E-state index in [9.17, 15) is 9.18 Å². The zero-order valence-electron chi connectivity index (χ0n) is 18.3. The van der Waals surface area contributed by atoms with Gasteiger partial charge in [-0.25, -0.2) is 9.07 Å². The van der Waals surface area contributed by atoms with Gasteiger partial charge in [0.15, 0.2) is 5.82 Å². The highest BCUT2D eigenvalue weighted by Gasteiger charge is 2.38. The number of para-hydroxylation sites is 1. The van der Waals surface area contributed by atoms with Gasteiger partial charge in [-0.3, -0.25) is 4.79 Å². The molecular formula is C25H22FN5O2S. The number of halogens is 1. The van der Waals surface area contributed by atoms with Gasteiger partial charge in [0.2, 0.25) is 11.1 Å². The topological polar surface area (TPSA) is 81.1 Å². The van der Waals surface area contributed by atoms with Gasteiger partial charge >= 0.3 is 0 Å². The van der Waals surface area contributed by atoms with E-state index in [1.54, 1.807) is 16.8 Å². The molecular weight excluding hydrogens is 453 g/mol. The number of carbonyl (C=O) groups excluding carboxylic acids is 1. The first-order valence-electron chi connectivity index (χ1n) is 10.8. The molecule has 0 radical (unpaired) electrons. The third-order valence-corrected chi connectivity index (χ3v) is 6.64. The number of rotatable bonds is 6. The second-order valence-electron chi connectivity index (χ2n) is 7.89. The molecule has 1 amide bonds. The fraction of sp³-hybridized carbons (Fsp3) is 0.160. The van der Waals surface area contributed by atoms with Crippen LogP contribution in [0.5, 0.6) is 5.75 Å². The average Bonchev–Trinajstić information content (AvgIpc) is 3.26. The lowest BCUT2D eigenvalue weighted by molar-refractivity contribution is -0.116. The maximum Gasteiger partial charge on any atom is 0.240 e. The number of nitrogens with one attached hydrogen (secondary N) is 2. The second kappa shape index (κ2) is 9.56. The number of benzene rings is 3. The van der Waals surface area contributed by atoms with Crippen LogP contribution in [0.4, 0.5) is 10.1 Å². The normalized spacial score (nSPS) is 16.9. The maximum absolute atomic E-state index is 13.6. The molecule has 5 rings (SSSR count). The van der Waals surface area contributed by atoms with Crippen LogP contribution in [0.25, 0.3) is 0 Å². The molecule has 2 heterocycles. The van der Waals surface area contributed by atoms with Crippen molar-refractivity contribution in [3.63, 3.8) is 0 Å². The van der Waals surface area contributed by atoms with Crippen molar-refractivity contribution in [2.24, 2.45) is 0 Å². The molecule has 1 aliphatic heterocycles. The SMILES string of the molecule is Cc1ccc(NC(=O)C2Sc3nnc(COc4ccccc4)n3NC2c2ccc(F)cc2)cc1. The molecule has 4 aromatic rings. The fourth-order valence-corrected chi connectivity index (χ4v) is 4.73. The number of nitrogens with zero attached hydrogens (tertiary/aromatic N) is 3. The van der Waals surface area contributed by atoms with E-state index in [4.69, 9.17) is 4.74 Å². The number of aromatic nitrogens is 3. The lowest BCUT2D eigenvalue weighted by Gasteiger charge is -2.33. The number of ether oxygens (including phenoxy) is 1. The van der Waals surface area contributed by atoms with Gasteiger partial charge in [-0.05, 0) is 48.9 Å². The van der Waals surface area contributed by atoms with Crippen molar-refractivity contribution in [1.29, 1.82) is 0 Å². The summed E-state index contributed by atoms with van der Waals surface area (Å²) in [5.74, 6) is 0.756. The summed E-state index contributed by atoms with van der Waals surface area (Å²) < 4.78 is 21.2. The first-order chi connectivity index (χ1) is 16.6. The molecule has 0 bridgehead atoms. The Bertz CT molecular complexity index is 1280. The summed E-state index contributed by atoms with van der Waals surface area (Å²) in [6.07, 6.45) is 0. The van der Waals surface area contributed by atoms with Crippen molar-refractivity contribution in [3.8, 4) is 5.75 Å². The van der Waals surface area contributed by atoms with Gasteiger partial charge in [0, 0.05) is 5.69 Å². The summed E-state index contributed by atoms with van der Waals surface area (Å²) in [5.41, 5.74) is 5.93. The van der Waals surface area contributed by atoms with E-state index in [1.807, 2.05) is 61.5 Å². The van der Waals surface area contributed by atoms with Crippen LogP contribution in [0, 0.1) is 12.7 Å². The highest BCUT2D eigenvalue weighted by molar-refractivity contribution is 8.00.